The molecule has 0 amide bonds. The number of aliphatic hydroxyl groups is 3. The van der Waals surface area contributed by atoms with E-state index in [1.54, 1.807) is 0 Å². The highest BCUT2D eigenvalue weighted by atomic mass is 16.5. The Balaban J connectivity index is 0.000000170. The molecule has 3 fully saturated rings. The topological polar surface area (TPSA) is 126 Å². The maximum absolute atomic E-state index is 10.7. The number of hydrogen-bond donors (Lipinski definition) is 3. The molecule has 9 atom stereocenters. The smallest absolute Gasteiger partial charge is 0.161 e. The van der Waals surface area contributed by atoms with E-state index in [1.165, 1.54) is 35.5 Å². The summed E-state index contributed by atoms with van der Waals surface area (Å²) in [5.74, 6) is 3.45. The van der Waals surface area contributed by atoms with Crippen LogP contribution in [0.1, 0.15) is 144 Å². The first-order chi connectivity index (χ1) is 36.8. The maximum Gasteiger partial charge on any atom is 0.161 e. The highest BCUT2D eigenvalue weighted by molar-refractivity contribution is 5.52. The Morgan fingerprint density at radius 3 is 0.971 bits per heavy atom. The molecule has 0 aromatic heterocycles. The molecule has 3 aromatic rings. The second-order valence-corrected chi connectivity index (χ2v) is 21.4. The lowest BCUT2D eigenvalue weighted by Gasteiger charge is -2.46. The molecule has 9 unspecified atom stereocenters. The Kier molecular flexibility index (Phi) is 14.3. The van der Waals surface area contributed by atoms with Gasteiger partial charge in [0, 0.05) is 57.4 Å². The third-order valence-corrected chi connectivity index (χ3v) is 15.3. The van der Waals surface area contributed by atoms with Crippen LogP contribution in [0.2, 0.25) is 0 Å². The Bertz CT molecular complexity index is 2480. The molecule has 6 heterocycles. The van der Waals surface area contributed by atoms with Gasteiger partial charge in [0.1, 0.15) is 0 Å². The number of fused-ring (bicyclic) bond motifs is 9. The highest BCUT2D eigenvalue weighted by Gasteiger charge is 2.41. The van der Waals surface area contributed by atoms with Gasteiger partial charge in [-0.25, -0.2) is 0 Å². The summed E-state index contributed by atoms with van der Waals surface area (Å²) in [6.45, 7) is 17.9. The number of benzene rings is 3. The van der Waals surface area contributed by atoms with Gasteiger partial charge in [-0.2, -0.15) is 0 Å². The van der Waals surface area contributed by atoms with Crippen molar-refractivity contribution in [1.29, 1.82) is 0 Å². The molecule has 12 heteroatoms. The molecule has 0 spiro atoms. The molecule has 0 bridgehead atoms. The summed E-state index contributed by atoms with van der Waals surface area (Å²) in [7, 11) is 4.65. The zero-order valence-corrected chi connectivity index (χ0v) is 43.2. The zero-order valence-electron chi connectivity index (χ0n) is 52.2. The Labute approximate surface area is 427 Å². The Hall–Kier alpha value is -3.78. The molecule has 0 radical (unpaired) electrons. The fourth-order valence-electron chi connectivity index (χ4n) is 12.1. The van der Waals surface area contributed by atoms with Crippen LogP contribution >= 0.6 is 0 Å². The van der Waals surface area contributed by atoms with Gasteiger partial charge in [-0.3, -0.25) is 14.7 Å². The minimum absolute atomic E-state index is 0.0117. The molecule has 0 aliphatic carbocycles. The van der Waals surface area contributed by atoms with Gasteiger partial charge in [-0.05, 0) is 163 Å². The number of piperidine rings is 3. The van der Waals surface area contributed by atoms with Gasteiger partial charge in [0.25, 0.3) is 0 Å². The molecule has 6 aliphatic rings. The normalized spacial score (nSPS) is 29.5. The van der Waals surface area contributed by atoms with Crippen molar-refractivity contribution in [2.75, 3.05) is 81.9 Å². The molecule has 3 saturated heterocycles. The van der Waals surface area contributed by atoms with Crippen molar-refractivity contribution in [3.05, 3.63) is 69.6 Å². The minimum Gasteiger partial charge on any atom is -0.493 e. The van der Waals surface area contributed by atoms with Crippen molar-refractivity contribution in [1.82, 2.24) is 14.7 Å². The van der Waals surface area contributed by atoms with Gasteiger partial charge in [0.15, 0.2) is 34.5 Å². The number of aliphatic hydroxyl groups excluding tert-OH is 3. The fraction of sp³-hybridized carbons (Fsp3) is 0.684. The zero-order chi connectivity index (χ0) is 57.4. The third kappa shape index (κ3) is 12.1. The van der Waals surface area contributed by atoms with Crippen molar-refractivity contribution < 1.29 is 56.1 Å². The summed E-state index contributed by atoms with van der Waals surface area (Å²) in [5.41, 5.74) is 4.72. The van der Waals surface area contributed by atoms with Crippen LogP contribution in [0.5, 0.6) is 34.5 Å². The molecule has 384 valence electrons. The van der Waals surface area contributed by atoms with Gasteiger partial charge in [0.2, 0.25) is 0 Å². The lowest BCUT2D eigenvalue weighted by Crippen LogP contribution is -2.48. The first-order valence-corrected chi connectivity index (χ1v) is 25.4. The SMILES string of the molecule is [2H]c1c2c(c([2H])c(OC([2H])([2H])[2H])c1OC)C1CC(O)C(CC(C)C)CN1CC2.[2H]c1c2c(c([2H])c(OC)c1OC)C1CC(O)C(CC(C)C)CN1CC2.[2H]c1c2c(c([2H])c(OC)c1OC)C1CC(O)C(CC(C)C)CN1CC2. The summed E-state index contributed by atoms with van der Waals surface area (Å²) in [6, 6.07) is 1.02. The van der Waals surface area contributed by atoms with Crippen molar-refractivity contribution in [3.63, 3.8) is 0 Å². The number of nitrogens with zero attached hydrogens (tertiary/aromatic N) is 3. The number of hydrogen-bond acceptors (Lipinski definition) is 12. The van der Waals surface area contributed by atoms with Gasteiger partial charge in [0.05, 0.1) is 73.2 Å². The average molecular weight is 967 g/mol. The summed E-state index contributed by atoms with van der Waals surface area (Å²) in [4.78, 5) is 7.02. The highest BCUT2D eigenvalue weighted by Crippen LogP contribution is 2.47. The van der Waals surface area contributed by atoms with Crippen molar-refractivity contribution in [2.24, 2.45) is 35.5 Å². The summed E-state index contributed by atoms with van der Waals surface area (Å²) >= 11 is 0. The number of rotatable bonds is 12. The predicted molar refractivity (Wildman–Crippen MR) is 273 cm³/mol. The summed E-state index contributed by atoms with van der Waals surface area (Å²) in [6.07, 6.45) is 5.51. The van der Waals surface area contributed by atoms with Crippen LogP contribution in [0, 0.1) is 35.5 Å². The van der Waals surface area contributed by atoms with Crippen LogP contribution in [-0.2, 0) is 19.3 Å². The largest absolute Gasteiger partial charge is 0.493 e. The third-order valence-electron chi connectivity index (χ3n) is 15.3. The van der Waals surface area contributed by atoms with Crippen LogP contribution in [-0.4, -0.2) is 130 Å². The minimum atomic E-state index is -2.74. The molecular formula is C57H87N3O9. The van der Waals surface area contributed by atoms with E-state index in [4.69, 9.17) is 40.8 Å². The second-order valence-electron chi connectivity index (χ2n) is 21.4. The first kappa shape index (κ1) is 41.8. The molecule has 3 aromatic carbocycles. The van der Waals surface area contributed by atoms with Crippen molar-refractivity contribution in [3.8, 4) is 34.5 Å². The Morgan fingerprint density at radius 2 is 0.725 bits per heavy atom. The van der Waals surface area contributed by atoms with E-state index in [0.717, 1.165) is 93.6 Å². The lowest BCUT2D eigenvalue weighted by molar-refractivity contribution is -0.0192. The first-order valence-electron chi connectivity index (χ1n) is 29.9. The standard InChI is InChI=1S/3C19H29NO3/c3*1-12(2)7-14-11-20-6-5-13-8-18(22-3)19(23-4)9-15(13)16(20)10-17(14)21/h3*8-9,12,14,16-17,21H,5-7,10-11H2,1-4H3/i4D3,8D,9D;2*8D,9D. The molecule has 3 N–H and O–H groups in total. The quantitative estimate of drug-likeness (QED) is 0.160. The van der Waals surface area contributed by atoms with Crippen LogP contribution in [0.25, 0.3) is 0 Å². The summed E-state index contributed by atoms with van der Waals surface area (Å²) in [5, 5.41) is 32.1. The average Bonchev–Trinajstić information content (AvgIpc) is 3.48. The van der Waals surface area contributed by atoms with E-state index in [1.807, 2.05) is 0 Å². The van der Waals surface area contributed by atoms with Gasteiger partial charge >= 0.3 is 0 Å². The maximum atomic E-state index is 10.7. The number of methoxy groups -OCH3 is 6. The monoisotopic (exact) mass is 967 g/mol. The van der Waals surface area contributed by atoms with E-state index in [0.29, 0.717) is 102 Å². The van der Waals surface area contributed by atoms with Gasteiger partial charge in [-0.15, -0.1) is 0 Å². The Morgan fingerprint density at radius 1 is 0.464 bits per heavy atom. The van der Waals surface area contributed by atoms with Crippen LogP contribution < -0.4 is 28.4 Å². The van der Waals surface area contributed by atoms with E-state index in [-0.39, 0.29) is 71.7 Å². The van der Waals surface area contributed by atoms with E-state index in [2.05, 4.69) is 56.2 Å². The van der Waals surface area contributed by atoms with Crippen LogP contribution in [0.15, 0.2) is 36.3 Å². The number of ether oxygens (including phenoxy) is 6. The molecule has 6 aliphatic heterocycles. The molecule has 0 saturated carbocycles. The van der Waals surface area contributed by atoms with E-state index >= 15 is 0 Å². The summed E-state index contributed by atoms with van der Waals surface area (Å²) < 4.78 is 105. The fourth-order valence-corrected chi connectivity index (χ4v) is 12.1. The van der Waals surface area contributed by atoms with Crippen molar-refractivity contribution in [2.45, 2.75) is 136 Å². The van der Waals surface area contributed by atoms with Gasteiger partial charge in [-0.1, -0.05) is 41.5 Å². The molecule has 69 heavy (non-hydrogen) atoms. The molecular weight excluding hydrogens is 871 g/mol. The van der Waals surface area contributed by atoms with Crippen LogP contribution in [0.3, 0.4) is 0 Å². The lowest BCUT2D eigenvalue weighted by atomic mass is 9.79. The second kappa shape index (κ2) is 23.6. The van der Waals surface area contributed by atoms with Crippen LogP contribution in [0.4, 0.5) is 0 Å². The van der Waals surface area contributed by atoms with E-state index in [9.17, 15) is 15.3 Å². The predicted octanol–water partition coefficient (Wildman–Crippen LogP) is 9.09. The van der Waals surface area contributed by atoms with Gasteiger partial charge < -0.3 is 43.7 Å². The molecule has 9 rings (SSSR count). The molecule has 12 nitrogen and oxygen atoms in total. The van der Waals surface area contributed by atoms with E-state index < -0.39 is 13.1 Å². The van der Waals surface area contributed by atoms with Crippen molar-refractivity contribution >= 4 is 0 Å².